The first kappa shape index (κ1) is 14.0. The highest BCUT2D eigenvalue weighted by molar-refractivity contribution is 9.10. The Morgan fingerprint density at radius 2 is 2.25 bits per heavy atom. The average molecular weight is 334 g/mol. The van der Waals surface area contributed by atoms with Gasteiger partial charge in [0.05, 0.1) is 9.40 Å². The van der Waals surface area contributed by atoms with Crippen molar-refractivity contribution in [2.75, 3.05) is 0 Å². The molecule has 1 aromatic heterocycles. The van der Waals surface area contributed by atoms with Crippen LogP contribution in [0.5, 0.6) is 5.75 Å². The molecule has 20 heavy (non-hydrogen) atoms. The van der Waals surface area contributed by atoms with Crippen LogP contribution >= 0.6 is 15.9 Å². The van der Waals surface area contributed by atoms with Crippen LogP contribution in [-0.4, -0.2) is 9.91 Å². The maximum atomic E-state index is 10.9. The third-order valence-corrected chi connectivity index (χ3v) is 3.09. The molecule has 0 aliphatic carbocycles. The first-order chi connectivity index (χ1) is 9.61. The molecule has 1 aromatic carbocycles. The maximum Gasteiger partial charge on any atom is 0.312 e. The van der Waals surface area contributed by atoms with E-state index >= 15 is 0 Å². The van der Waals surface area contributed by atoms with E-state index in [9.17, 15) is 10.1 Å². The minimum atomic E-state index is -0.507. The lowest BCUT2D eigenvalue weighted by molar-refractivity contribution is -0.386. The smallest absolute Gasteiger partial charge is 0.312 e. The number of nitro groups is 1. The van der Waals surface area contributed by atoms with Crippen LogP contribution in [0.25, 0.3) is 0 Å². The van der Waals surface area contributed by atoms with E-state index in [4.69, 9.17) is 10.00 Å². The van der Waals surface area contributed by atoms with E-state index in [1.165, 1.54) is 12.3 Å². The minimum Gasteiger partial charge on any atom is -0.481 e. The zero-order valence-corrected chi connectivity index (χ0v) is 11.7. The van der Waals surface area contributed by atoms with Crippen molar-refractivity contribution < 1.29 is 9.66 Å². The van der Waals surface area contributed by atoms with Gasteiger partial charge in [0.1, 0.15) is 18.4 Å². The SMILES string of the molecule is N#Cc1cc(COc2c(Br)cccc2[N+](=O)[O-])ccn1. The molecule has 0 radical (unpaired) electrons. The summed E-state index contributed by atoms with van der Waals surface area (Å²) in [5.74, 6) is 0.160. The Balaban J connectivity index is 2.23. The highest BCUT2D eigenvalue weighted by atomic mass is 79.9. The van der Waals surface area contributed by atoms with Crippen molar-refractivity contribution in [3.63, 3.8) is 0 Å². The first-order valence-electron chi connectivity index (χ1n) is 5.52. The summed E-state index contributed by atoms with van der Waals surface area (Å²) < 4.78 is 5.99. The van der Waals surface area contributed by atoms with Crippen LogP contribution in [0.15, 0.2) is 41.0 Å². The maximum absolute atomic E-state index is 10.9. The van der Waals surface area contributed by atoms with Crippen molar-refractivity contribution >= 4 is 21.6 Å². The van der Waals surface area contributed by atoms with E-state index in [0.29, 0.717) is 10.0 Å². The number of nitrogens with zero attached hydrogens (tertiary/aromatic N) is 3. The normalized spacial score (nSPS) is 9.80. The molecule has 7 heteroatoms. The summed E-state index contributed by atoms with van der Waals surface area (Å²) in [6.07, 6.45) is 1.49. The van der Waals surface area contributed by atoms with Gasteiger partial charge in [-0.3, -0.25) is 10.1 Å². The number of nitriles is 1. The third-order valence-electron chi connectivity index (χ3n) is 2.46. The van der Waals surface area contributed by atoms with Gasteiger partial charge in [-0.1, -0.05) is 6.07 Å². The van der Waals surface area contributed by atoms with E-state index in [1.807, 2.05) is 6.07 Å². The zero-order valence-electron chi connectivity index (χ0n) is 10.1. The van der Waals surface area contributed by atoms with Gasteiger partial charge in [-0.05, 0) is 39.7 Å². The lowest BCUT2D eigenvalue weighted by atomic mass is 10.2. The second kappa shape index (κ2) is 6.12. The van der Waals surface area contributed by atoms with Gasteiger partial charge in [-0.15, -0.1) is 0 Å². The molecule has 0 aliphatic heterocycles. The molecule has 1 heterocycles. The Morgan fingerprint density at radius 1 is 1.45 bits per heavy atom. The predicted molar refractivity (Wildman–Crippen MR) is 74.1 cm³/mol. The standard InChI is InChI=1S/C13H8BrN3O3/c14-11-2-1-3-12(17(18)19)13(11)20-8-9-4-5-16-10(6-9)7-15/h1-6H,8H2. The Kier molecular flexibility index (Phi) is 4.27. The molecule has 0 saturated carbocycles. The van der Waals surface area contributed by atoms with Gasteiger partial charge >= 0.3 is 5.69 Å². The fourth-order valence-electron chi connectivity index (χ4n) is 1.56. The van der Waals surface area contributed by atoms with E-state index < -0.39 is 4.92 Å². The van der Waals surface area contributed by atoms with Gasteiger partial charge in [-0.2, -0.15) is 5.26 Å². The lowest BCUT2D eigenvalue weighted by Crippen LogP contribution is -2.00. The second-order valence-corrected chi connectivity index (χ2v) is 4.65. The molecule has 0 unspecified atom stereocenters. The number of nitro benzene ring substituents is 1. The van der Waals surface area contributed by atoms with Crippen molar-refractivity contribution in [2.24, 2.45) is 0 Å². The molecule has 0 N–H and O–H groups in total. The molecule has 0 saturated heterocycles. The number of benzene rings is 1. The number of halogens is 1. The van der Waals surface area contributed by atoms with E-state index in [2.05, 4.69) is 20.9 Å². The highest BCUT2D eigenvalue weighted by Gasteiger charge is 2.17. The Hall–Kier alpha value is -2.46. The third kappa shape index (κ3) is 3.10. The van der Waals surface area contributed by atoms with Gasteiger partial charge in [-0.25, -0.2) is 4.98 Å². The molecule has 6 nitrogen and oxygen atoms in total. The largest absolute Gasteiger partial charge is 0.481 e. The van der Waals surface area contributed by atoms with Crippen LogP contribution in [0.3, 0.4) is 0 Å². The quantitative estimate of drug-likeness (QED) is 0.633. The van der Waals surface area contributed by atoms with Gasteiger partial charge in [0, 0.05) is 12.3 Å². The van der Waals surface area contributed by atoms with Crippen LogP contribution in [0.1, 0.15) is 11.3 Å². The summed E-state index contributed by atoms with van der Waals surface area (Å²) in [6.45, 7) is 0.112. The number of ether oxygens (including phenoxy) is 1. The number of hydrogen-bond donors (Lipinski definition) is 0. The van der Waals surface area contributed by atoms with Crippen molar-refractivity contribution in [1.29, 1.82) is 5.26 Å². The molecule has 0 amide bonds. The van der Waals surface area contributed by atoms with Crippen LogP contribution in [0.4, 0.5) is 5.69 Å². The molecule has 0 atom stereocenters. The van der Waals surface area contributed by atoms with Crippen molar-refractivity contribution in [1.82, 2.24) is 4.98 Å². The number of para-hydroxylation sites is 1. The van der Waals surface area contributed by atoms with Crippen LogP contribution in [0, 0.1) is 21.4 Å². The van der Waals surface area contributed by atoms with E-state index in [1.54, 1.807) is 24.3 Å². The summed E-state index contributed by atoms with van der Waals surface area (Å²) in [7, 11) is 0. The number of pyridine rings is 1. The average Bonchev–Trinajstić information content (AvgIpc) is 2.45. The lowest BCUT2D eigenvalue weighted by Gasteiger charge is -2.08. The van der Waals surface area contributed by atoms with E-state index in [-0.39, 0.29) is 23.7 Å². The van der Waals surface area contributed by atoms with Crippen molar-refractivity contribution in [3.05, 3.63) is 62.4 Å². The molecule has 0 spiro atoms. The molecule has 0 bridgehead atoms. The molecule has 2 rings (SSSR count). The second-order valence-electron chi connectivity index (χ2n) is 3.80. The number of hydrogen-bond acceptors (Lipinski definition) is 5. The van der Waals surface area contributed by atoms with Gasteiger partial charge in [0.25, 0.3) is 0 Å². The topological polar surface area (TPSA) is 89.0 Å². The molecular formula is C13H8BrN3O3. The fraction of sp³-hybridized carbons (Fsp3) is 0.0769. The Labute approximate surface area is 122 Å². The minimum absolute atomic E-state index is 0.112. The zero-order chi connectivity index (χ0) is 14.5. The Bertz CT molecular complexity index is 698. The number of aromatic nitrogens is 1. The monoisotopic (exact) mass is 333 g/mol. The highest BCUT2D eigenvalue weighted by Crippen LogP contribution is 2.35. The van der Waals surface area contributed by atoms with E-state index in [0.717, 1.165) is 0 Å². The summed E-state index contributed by atoms with van der Waals surface area (Å²) >= 11 is 3.22. The summed E-state index contributed by atoms with van der Waals surface area (Å²) in [6, 6.07) is 9.77. The van der Waals surface area contributed by atoms with Gasteiger partial charge < -0.3 is 4.74 Å². The van der Waals surface area contributed by atoms with Crippen molar-refractivity contribution in [3.8, 4) is 11.8 Å². The van der Waals surface area contributed by atoms with Crippen LogP contribution < -0.4 is 4.74 Å². The Morgan fingerprint density at radius 3 is 2.95 bits per heavy atom. The van der Waals surface area contributed by atoms with Gasteiger partial charge in [0.2, 0.25) is 5.75 Å². The molecular weight excluding hydrogens is 326 g/mol. The number of rotatable bonds is 4. The fourth-order valence-corrected chi connectivity index (χ4v) is 2.04. The summed E-state index contributed by atoms with van der Waals surface area (Å²) in [4.78, 5) is 14.3. The van der Waals surface area contributed by atoms with Crippen LogP contribution in [0.2, 0.25) is 0 Å². The molecule has 0 fully saturated rings. The molecule has 0 aliphatic rings. The first-order valence-corrected chi connectivity index (χ1v) is 6.32. The molecule has 2 aromatic rings. The van der Waals surface area contributed by atoms with Gasteiger partial charge in [0.15, 0.2) is 0 Å². The summed E-state index contributed by atoms with van der Waals surface area (Å²) in [5, 5.41) is 19.7. The summed E-state index contributed by atoms with van der Waals surface area (Å²) in [5.41, 5.74) is 0.864. The van der Waals surface area contributed by atoms with Crippen LogP contribution in [-0.2, 0) is 6.61 Å². The predicted octanol–water partition coefficient (Wildman–Crippen LogP) is 3.20. The molecule has 100 valence electrons. The van der Waals surface area contributed by atoms with Crippen molar-refractivity contribution in [2.45, 2.75) is 6.61 Å².